The van der Waals surface area contributed by atoms with Crippen LogP contribution >= 0.6 is 22.6 Å². The van der Waals surface area contributed by atoms with Gasteiger partial charge in [0.25, 0.3) is 0 Å². The van der Waals surface area contributed by atoms with E-state index < -0.39 is 0 Å². The van der Waals surface area contributed by atoms with Crippen LogP contribution in [-0.4, -0.2) is 11.1 Å². The Morgan fingerprint density at radius 3 is 2.73 bits per heavy atom. The largest absolute Gasteiger partial charge is 0.474 e. The van der Waals surface area contributed by atoms with Crippen LogP contribution in [0.15, 0.2) is 12.3 Å². The van der Waals surface area contributed by atoms with Gasteiger partial charge in [0.05, 0.1) is 0 Å². The van der Waals surface area contributed by atoms with E-state index in [1.165, 1.54) is 41.2 Å². The van der Waals surface area contributed by atoms with E-state index in [0.717, 1.165) is 5.88 Å². The molecule has 2 rings (SSSR count). The molecule has 3 heteroatoms. The van der Waals surface area contributed by atoms with E-state index in [2.05, 4.69) is 34.5 Å². The summed E-state index contributed by atoms with van der Waals surface area (Å²) in [6.07, 6.45) is 8.61. The number of pyridine rings is 1. The van der Waals surface area contributed by atoms with E-state index >= 15 is 0 Å². The van der Waals surface area contributed by atoms with E-state index in [0.29, 0.717) is 6.10 Å². The quantitative estimate of drug-likeness (QED) is 0.776. The van der Waals surface area contributed by atoms with Gasteiger partial charge in [-0.2, -0.15) is 0 Å². The molecular weight excluding hydrogens is 301 g/mol. The fourth-order valence-corrected chi connectivity index (χ4v) is 2.31. The molecule has 0 aromatic carbocycles. The minimum atomic E-state index is 0.393. The molecule has 0 N–H and O–H groups in total. The molecule has 1 aliphatic rings. The van der Waals surface area contributed by atoms with Crippen LogP contribution in [-0.2, 0) is 0 Å². The van der Waals surface area contributed by atoms with Crippen LogP contribution in [0.1, 0.15) is 37.7 Å². The van der Waals surface area contributed by atoms with Crippen molar-refractivity contribution in [3.63, 3.8) is 0 Å². The first-order valence-electron chi connectivity index (χ1n) is 5.54. The fraction of sp³-hybridized carbons (Fsp3) is 0.583. The second-order valence-electron chi connectivity index (χ2n) is 4.15. The lowest BCUT2D eigenvalue weighted by molar-refractivity contribution is 0.148. The van der Waals surface area contributed by atoms with Crippen LogP contribution in [0.2, 0.25) is 0 Å². The lowest BCUT2D eigenvalue weighted by Gasteiger charge is -2.22. The second kappa shape index (κ2) is 5.14. The van der Waals surface area contributed by atoms with Crippen LogP contribution in [0.4, 0.5) is 0 Å². The highest BCUT2D eigenvalue weighted by atomic mass is 127. The lowest BCUT2D eigenvalue weighted by Crippen LogP contribution is -2.20. The van der Waals surface area contributed by atoms with E-state index in [1.54, 1.807) is 0 Å². The molecular formula is C12H16INO. The fourth-order valence-electron chi connectivity index (χ4n) is 1.90. The Morgan fingerprint density at radius 1 is 1.33 bits per heavy atom. The Bertz CT molecular complexity index is 334. The van der Waals surface area contributed by atoms with Gasteiger partial charge in [-0.3, -0.25) is 0 Å². The minimum absolute atomic E-state index is 0.393. The zero-order chi connectivity index (χ0) is 10.7. The van der Waals surface area contributed by atoms with E-state index in [-0.39, 0.29) is 0 Å². The van der Waals surface area contributed by atoms with Crippen LogP contribution in [0, 0.1) is 10.5 Å². The van der Waals surface area contributed by atoms with Crippen molar-refractivity contribution in [3.05, 3.63) is 21.4 Å². The zero-order valence-corrected chi connectivity index (χ0v) is 11.2. The number of hydrogen-bond donors (Lipinski definition) is 0. The number of hydrogen-bond acceptors (Lipinski definition) is 2. The highest BCUT2D eigenvalue weighted by molar-refractivity contribution is 14.1. The molecule has 1 aliphatic carbocycles. The molecule has 1 heterocycles. The third-order valence-electron chi connectivity index (χ3n) is 2.85. The zero-order valence-electron chi connectivity index (χ0n) is 9.00. The maximum atomic E-state index is 5.88. The molecule has 2 nitrogen and oxygen atoms in total. The smallest absolute Gasteiger partial charge is 0.214 e. The van der Waals surface area contributed by atoms with Crippen LogP contribution in [0.3, 0.4) is 0 Å². The van der Waals surface area contributed by atoms with Crippen molar-refractivity contribution in [2.24, 2.45) is 0 Å². The maximum Gasteiger partial charge on any atom is 0.214 e. The normalized spacial score (nSPS) is 17.7. The van der Waals surface area contributed by atoms with Gasteiger partial charge >= 0.3 is 0 Å². The van der Waals surface area contributed by atoms with Gasteiger partial charge in [0.1, 0.15) is 6.10 Å². The number of ether oxygens (including phenoxy) is 1. The SMILES string of the molecule is Cc1cnc(OC2CCCCC2)cc1I. The molecule has 1 saturated carbocycles. The molecule has 1 aromatic heterocycles. The second-order valence-corrected chi connectivity index (χ2v) is 5.31. The molecule has 0 saturated heterocycles. The molecule has 0 radical (unpaired) electrons. The first-order chi connectivity index (χ1) is 7.25. The average Bonchev–Trinajstić information content (AvgIpc) is 2.25. The van der Waals surface area contributed by atoms with Crippen molar-refractivity contribution in [3.8, 4) is 5.88 Å². The average molecular weight is 317 g/mol. The highest BCUT2D eigenvalue weighted by Gasteiger charge is 2.15. The van der Waals surface area contributed by atoms with E-state index in [1.807, 2.05) is 12.3 Å². The number of rotatable bonds is 2. The molecule has 0 spiro atoms. The van der Waals surface area contributed by atoms with Crippen LogP contribution in [0.5, 0.6) is 5.88 Å². The lowest BCUT2D eigenvalue weighted by atomic mass is 9.98. The third kappa shape index (κ3) is 3.06. The van der Waals surface area contributed by atoms with Gasteiger partial charge in [-0.25, -0.2) is 4.98 Å². The summed E-state index contributed by atoms with van der Waals surface area (Å²) in [4.78, 5) is 4.31. The van der Waals surface area contributed by atoms with E-state index in [9.17, 15) is 0 Å². The number of halogens is 1. The molecule has 0 unspecified atom stereocenters. The van der Waals surface area contributed by atoms with Gasteiger partial charge in [-0.15, -0.1) is 0 Å². The predicted octanol–water partition coefficient (Wildman–Crippen LogP) is 3.71. The highest BCUT2D eigenvalue weighted by Crippen LogP contribution is 2.23. The molecule has 0 aliphatic heterocycles. The topological polar surface area (TPSA) is 22.1 Å². The Labute approximate surface area is 105 Å². The molecule has 1 fully saturated rings. The number of nitrogens with zero attached hydrogens (tertiary/aromatic N) is 1. The Hall–Kier alpha value is -0.320. The van der Waals surface area contributed by atoms with Gasteiger partial charge in [0, 0.05) is 15.8 Å². The predicted molar refractivity (Wildman–Crippen MR) is 69.2 cm³/mol. The van der Waals surface area contributed by atoms with Gasteiger partial charge in [0.2, 0.25) is 5.88 Å². The molecule has 0 amide bonds. The van der Waals surface area contributed by atoms with Crippen molar-refractivity contribution in [2.75, 3.05) is 0 Å². The Morgan fingerprint density at radius 2 is 2.07 bits per heavy atom. The van der Waals surface area contributed by atoms with Crippen molar-refractivity contribution in [1.82, 2.24) is 4.98 Å². The molecule has 1 aromatic rings. The monoisotopic (exact) mass is 317 g/mol. The first-order valence-corrected chi connectivity index (χ1v) is 6.62. The van der Waals surface area contributed by atoms with Crippen LogP contribution < -0.4 is 4.74 Å². The summed E-state index contributed by atoms with van der Waals surface area (Å²) in [7, 11) is 0. The Balaban J connectivity index is 2.00. The summed E-state index contributed by atoms with van der Waals surface area (Å²) in [5, 5.41) is 0. The van der Waals surface area contributed by atoms with E-state index in [4.69, 9.17) is 4.74 Å². The van der Waals surface area contributed by atoms with Gasteiger partial charge in [-0.05, 0) is 60.8 Å². The molecule has 82 valence electrons. The van der Waals surface area contributed by atoms with Crippen molar-refractivity contribution >= 4 is 22.6 Å². The number of aryl methyl sites for hydroxylation is 1. The summed E-state index contributed by atoms with van der Waals surface area (Å²) in [5.74, 6) is 0.789. The molecule has 15 heavy (non-hydrogen) atoms. The third-order valence-corrected chi connectivity index (χ3v) is 4.01. The van der Waals surface area contributed by atoms with Gasteiger partial charge < -0.3 is 4.74 Å². The Kier molecular flexibility index (Phi) is 3.83. The summed E-state index contributed by atoms with van der Waals surface area (Å²) in [6.45, 7) is 2.07. The van der Waals surface area contributed by atoms with Crippen molar-refractivity contribution in [2.45, 2.75) is 45.1 Å². The number of aromatic nitrogens is 1. The minimum Gasteiger partial charge on any atom is -0.474 e. The van der Waals surface area contributed by atoms with Crippen molar-refractivity contribution < 1.29 is 4.74 Å². The first kappa shape index (κ1) is 11.2. The summed E-state index contributed by atoms with van der Waals surface area (Å²) in [6, 6.07) is 2.03. The standard InChI is InChI=1S/C12H16INO/c1-9-8-14-12(7-11(9)13)15-10-5-3-2-4-6-10/h7-8,10H,2-6H2,1H3. The van der Waals surface area contributed by atoms with Crippen LogP contribution in [0.25, 0.3) is 0 Å². The van der Waals surface area contributed by atoms with Gasteiger partial charge in [0.15, 0.2) is 0 Å². The van der Waals surface area contributed by atoms with Gasteiger partial charge in [-0.1, -0.05) is 6.42 Å². The molecule has 0 bridgehead atoms. The summed E-state index contributed by atoms with van der Waals surface area (Å²) in [5.41, 5.74) is 1.21. The summed E-state index contributed by atoms with van der Waals surface area (Å²) >= 11 is 2.32. The maximum absolute atomic E-state index is 5.88. The summed E-state index contributed by atoms with van der Waals surface area (Å²) < 4.78 is 7.11. The van der Waals surface area contributed by atoms with Crippen molar-refractivity contribution in [1.29, 1.82) is 0 Å². The molecule has 0 atom stereocenters.